The third-order valence-corrected chi connectivity index (χ3v) is 9.39. The fourth-order valence-electron chi connectivity index (χ4n) is 5.20. The maximum Gasteiger partial charge on any atom is 0.227 e. The molecule has 3 aromatic rings. The number of nitrogens with two attached hydrogens (primary N) is 2. The van der Waals surface area contributed by atoms with Gasteiger partial charge in [-0.05, 0) is 85.2 Å². The minimum Gasteiger partial charge on any atom is -0.384 e. The minimum atomic E-state index is -3.81. The number of carbonyl (C=O) groups excluding carboxylic acids is 1. The predicted octanol–water partition coefficient (Wildman–Crippen LogP) is 4.51. The molecule has 1 amide bonds. The van der Waals surface area contributed by atoms with E-state index in [1.165, 1.54) is 0 Å². The standard InChI is InChI=1S/C30H35ClN4O3S/c31-27-8-2-5-23(18-27)24-6-3-9-28(19-24)39(37,38)20-26(17-22-4-1-7-25(16-22)29(33)34)30(36)35-14-11-21(10-13-32)12-15-35/h1-9,16,18-19,21,26H,10-15,17,20,32H2,(H3,33,34). The van der Waals surface area contributed by atoms with Gasteiger partial charge in [-0.1, -0.05) is 54.1 Å². The Morgan fingerprint density at radius 1 is 1.00 bits per heavy atom. The van der Waals surface area contributed by atoms with Crippen LogP contribution in [0.3, 0.4) is 0 Å². The van der Waals surface area contributed by atoms with Crippen molar-refractivity contribution in [3.8, 4) is 11.1 Å². The van der Waals surface area contributed by atoms with Gasteiger partial charge in [0, 0.05) is 23.7 Å². The Morgan fingerprint density at radius 2 is 1.67 bits per heavy atom. The molecule has 0 aliphatic carbocycles. The number of benzene rings is 3. The first kappa shape index (κ1) is 28.8. The minimum absolute atomic E-state index is 0.0767. The van der Waals surface area contributed by atoms with Gasteiger partial charge in [-0.25, -0.2) is 8.42 Å². The first-order valence-electron chi connectivity index (χ1n) is 13.2. The van der Waals surface area contributed by atoms with Crippen molar-refractivity contribution in [1.82, 2.24) is 4.90 Å². The zero-order valence-corrected chi connectivity index (χ0v) is 23.4. The molecule has 1 aliphatic rings. The van der Waals surface area contributed by atoms with E-state index in [0.29, 0.717) is 36.1 Å². The van der Waals surface area contributed by atoms with Crippen molar-refractivity contribution in [2.75, 3.05) is 25.4 Å². The van der Waals surface area contributed by atoms with E-state index in [-0.39, 0.29) is 28.8 Å². The van der Waals surface area contributed by atoms with Crippen LogP contribution in [-0.4, -0.2) is 50.4 Å². The van der Waals surface area contributed by atoms with Crippen LogP contribution < -0.4 is 11.5 Å². The van der Waals surface area contributed by atoms with Gasteiger partial charge in [0.15, 0.2) is 9.84 Å². The summed E-state index contributed by atoms with van der Waals surface area (Å²) in [4.78, 5) is 15.7. The number of hydrogen-bond acceptors (Lipinski definition) is 5. The van der Waals surface area contributed by atoms with E-state index >= 15 is 0 Å². The SMILES string of the molecule is N=C(N)c1cccc(CC(CS(=O)(=O)c2cccc(-c3cccc(Cl)c3)c2)C(=O)N2CCC(CCN)CC2)c1. The maximum atomic E-state index is 13.8. The molecule has 39 heavy (non-hydrogen) atoms. The molecule has 0 aromatic heterocycles. The maximum absolute atomic E-state index is 13.8. The molecular formula is C30H35ClN4O3S. The quantitative estimate of drug-likeness (QED) is 0.245. The summed E-state index contributed by atoms with van der Waals surface area (Å²) in [5.74, 6) is -0.852. The van der Waals surface area contributed by atoms with Gasteiger partial charge in [0.25, 0.3) is 0 Å². The largest absolute Gasteiger partial charge is 0.384 e. The van der Waals surface area contributed by atoms with Gasteiger partial charge in [0.2, 0.25) is 5.91 Å². The van der Waals surface area contributed by atoms with Crippen LogP contribution in [0.4, 0.5) is 0 Å². The lowest BCUT2D eigenvalue weighted by Crippen LogP contribution is -2.44. The Kier molecular flexibility index (Phi) is 9.43. The lowest BCUT2D eigenvalue weighted by atomic mass is 9.92. The number of sulfone groups is 1. The first-order valence-corrected chi connectivity index (χ1v) is 15.2. The Balaban J connectivity index is 1.61. The van der Waals surface area contributed by atoms with E-state index < -0.39 is 15.8 Å². The number of likely N-dealkylation sites (tertiary alicyclic amines) is 1. The van der Waals surface area contributed by atoms with Gasteiger partial charge in [-0.15, -0.1) is 0 Å². The van der Waals surface area contributed by atoms with Crippen LogP contribution in [0, 0.1) is 17.2 Å². The van der Waals surface area contributed by atoms with Crippen molar-refractivity contribution < 1.29 is 13.2 Å². The monoisotopic (exact) mass is 566 g/mol. The molecule has 0 saturated carbocycles. The predicted molar refractivity (Wildman–Crippen MR) is 157 cm³/mol. The van der Waals surface area contributed by atoms with Crippen LogP contribution in [0.1, 0.15) is 30.4 Å². The van der Waals surface area contributed by atoms with Crippen molar-refractivity contribution in [1.29, 1.82) is 5.41 Å². The van der Waals surface area contributed by atoms with Gasteiger partial charge in [-0.3, -0.25) is 10.2 Å². The second-order valence-corrected chi connectivity index (χ2v) is 12.7. The summed E-state index contributed by atoms with van der Waals surface area (Å²) in [5.41, 5.74) is 14.2. The normalized spacial score (nSPS) is 15.2. The molecular weight excluding hydrogens is 532 g/mol. The lowest BCUT2D eigenvalue weighted by molar-refractivity contribution is -0.136. The second-order valence-electron chi connectivity index (χ2n) is 10.2. The highest BCUT2D eigenvalue weighted by Gasteiger charge is 2.32. The summed E-state index contributed by atoms with van der Waals surface area (Å²) in [7, 11) is -3.81. The number of nitrogens with one attached hydrogen (secondary N) is 1. The molecule has 5 N–H and O–H groups in total. The van der Waals surface area contributed by atoms with Gasteiger partial charge < -0.3 is 16.4 Å². The van der Waals surface area contributed by atoms with Crippen LogP contribution in [0.5, 0.6) is 0 Å². The molecule has 3 aromatic carbocycles. The third-order valence-electron chi connectivity index (χ3n) is 7.34. The fraction of sp³-hybridized carbons (Fsp3) is 0.333. The smallest absolute Gasteiger partial charge is 0.227 e. The molecule has 4 rings (SSSR count). The van der Waals surface area contributed by atoms with Crippen molar-refractivity contribution >= 4 is 33.2 Å². The van der Waals surface area contributed by atoms with Crippen molar-refractivity contribution in [2.45, 2.75) is 30.6 Å². The van der Waals surface area contributed by atoms with E-state index in [4.69, 9.17) is 28.5 Å². The molecule has 9 heteroatoms. The Bertz CT molecular complexity index is 1440. The molecule has 0 radical (unpaired) electrons. The summed E-state index contributed by atoms with van der Waals surface area (Å²) in [5, 5.41) is 8.33. The molecule has 0 bridgehead atoms. The summed E-state index contributed by atoms with van der Waals surface area (Å²) in [6, 6.07) is 21.1. The van der Waals surface area contributed by atoms with Crippen molar-refractivity contribution in [3.63, 3.8) is 0 Å². The third kappa shape index (κ3) is 7.47. The molecule has 1 saturated heterocycles. The number of nitrogens with zero attached hydrogens (tertiary/aromatic N) is 1. The highest BCUT2D eigenvalue weighted by molar-refractivity contribution is 7.91. The molecule has 1 fully saturated rings. The number of rotatable bonds is 10. The average molecular weight is 567 g/mol. The average Bonchev–Trinajstić information content (AvgIpc) is 2.93. The number of nitrogen functional groups attached to an aromatic ring is 1. The summed E-state index contributed by atoms with van der Waals surface area (Å²) in [6.45, 7) is 1.82. The molecule has 0 spiro atoms. The Hall–Kier alpha value is -3.20. The lowest BCUT2D eigenvalue weighted by Gasteiger charge is -2.34. The van der Waals surface area contributed by atoms with Gasteiger partial charge >= 0.3 is 0 Å². The molecule has 1 heterocycles. The fourth-order valence-corrected chi connectivity index (χ4v) is 6.97. The Labute approximate surface area is 235 Å². The number of piperidine rings is 1. The number of amides is 1. The highest BCUT2D eigenvalue weighted by Crippen LogP contribution is 2.28. The summed E-state index contributed by atoms with van der Waals surface area (Å²) >= 11 is 6.15. The van der Waals surface area contributed by atoms with Gasteiger partial charge in [0.05, 0.1) is 16.6 Å². The van der Waals surface area contributed by atoms with Crippen LogP contribution in [0.15, 0.2) is 77.7 Å². The van der Waals surface area contributed by atoms with Crippen molar-refractivity contribution in [3.05, 3.63) is 88.9 Å². The summed E-state index contributed by atoms with van der Waals surface area (Å²) in [6.07, 6.45) is 2.89. The number of carbonyl (C=O) groups is 1. The van der Waals surface area contributed by atoms with E-state index in [1.807, 2.05) is 24.3 Å². The number of amidine groups is 1. The van der Waals surface area contributed by atoms with E-state index in [9.17, 15) is 13.2 Å². The van der Waals surface area contributed by atoms with Crippen LogP contribution in [-0.2, 0) is 21.1 Å². The van der Waals surface area contributed by atoms with Gasteiger partial charge in [0.1, 0.15) is 5.84 Å². The number of halogens is 1. The zero-order chi connectivity index (χ0) is 28.0. The van der Waals surface area contributed by atoms with Crippen LogP contribution in [0.25, 0.3) is 11.1 Å². The topological polar surface area (TPSA) is 130 Å². The van der Waals surface area contributed by atoms with E-state index in [1.54, 1.807) is 53.4 Å². The van der Waals surface area contributed by atoms with E-state index in [0.717, 1.165) is 36.0 Å². The molecule has 7 nitrogen and oxygen atoms in total. The Morgan fingerprint density at radius 3 is 2.33 bits per heavy atom. The molecule has 206 valence electrons. The van der Waals surface area contributed by atoms with Crippen LogP contribution in [0.2, 0.25) is 5.02 Å². The number of hydrogen-bond donors (Lipinski definition) is 3. The first-order chi connectivity index (χ1) is 18.7. The second kappa shape index (κ2) is 12.8. The zero-order valence-electron chi connectivity index (χ0n) is 21.9. The molecule has 1 atom stereocenters. The summed E-state index contributed by atoms with van der Waals surface area (Å²) < 4.78 is 27.4. The van der Waals surface area contributed by atoms with E-state index in [2.05, 4.69) is 0 Å². The molecule has 1 aliphatic heterocycles. The molecule has 1 unspecified atom stereocenters. The van der Waals surface area contributed by atoms with Crippen LogP contribution >= 0.6 is 11.6 Å². The highest BCUT2D eigenvalue weighted by atomic mass is 35.5. The van der Waals surface area contributed by atoms with Gasteiger partial charge in [-0.2, -0.15) is 0 Å². The van der Waals surface area contributed by atoms with Crippen molar-refractivity contribution in [2.24, 2.45) is 23.3 Å².